The fourth-order valence-corrected chi connectivity index (χ4v) is 5.45. The summed E-state index contributed by atoms with van der Waals surface area (Å²) in [6.07, 6.45) is 42.9. The van der Waals surface area contributed by atoms with Gasteiger partial charge in [0.2, 0.25) is 0 Å². The van der Waals surface area contributed by atoms with Crippen LogP contribution in [0.25, 0.3) is 0 Å². The third-order valence-electron chi connectivity index (χ3n) is 7.53. The molecule has 0 rings (SSSR count). The van der Waals surface area contributed by atoms with Crippen LogP contribution in [0.15, 0.2) is 0 Å². The number of hydrogen-bond acceptors (Lipinski definition) is 0. The van der Waals surface area contributed by atoms with Crippen molar-refractivity contribution in [3.05, 3.63) is 0 Å². The van der Waals surface area contributed by atoms with E-state index >= 15 is 0 Å². The molecule has 0 unspecified atom stereocenters. The van der Waals surface area contributed by atoms with E-state index < -0.39 is 0 Å². The molecule has 0 aromatic rings. The predicted octanol–water partition coefficient (Wildman–Crippen LogP) is 13.4. The fourth-order valence-electron chi connectivity index (χ4n) is 5.14. The maximum atomic E-state index is 5.76. The van der Waals surface area contributed by atoms with Crippen LogP contribution in [0.4, 0.5) is 0 Å². The molecular weight excluding hydrogens is 605 g/mol. The van der Waals surface area contributed by atoms with Crippen molar-refractivity contribution in [2.75, 3.05) is 0 Å². The van der Waals surface area contributed by atoms with Gasteiger partial charge in [0.05, 0.1) is 0 Å². The average molecular weight is 674 g/mol. The van der Waals surface area contributed by atoms with E-state index in [1.807, 2.05) is 0 Å². The van der Waals surface area contributed by atoms with Gasteiger partial charge in [-0.1, -0.05) is 193 Å². The molecule has 0 heterocycles. The van der Waals surface area contributed by atoms with Crippen LogP contribution >= 0.6 is 48.0 Å². The molecule has 0 atom stereocenters. The number of rotatable bonds is 30. The summed E-state index contributed by atoms with van der Waals surface area (Å²) in [6.45, 7) is 2.30. The third-order valence-corrected chi connectivity index (χ3v) is 7.96. The van der Waals surface area contributed by atoms with Gasteiger partial charge in [0.15, 0.2) is 0 Å². The van der Waals surface area contributed by atoms with Crippen LogP contribution < -0.4 is 0 Å². The van der Waals surface area contributed by atoms with E-state index in [1.54, 1.807) is 0 Å². The molecule has 5 heteroatoms. The van der Waals surface area contributed by atoms with Gasteiger partial charge in [-0.05, 0) is 6.42 Å². The summed E-state index contributed by atoms with van der Waals surface area (Å²) in [5.74, 6) is 0. The van der Waals surface area contributed by atoms with E-state index in [1.165, 1.54) is 186 Å². The first-order valence-corrected chi connectivity index (χ1v) is 16.9. The number of hydrogen-bond donors (Lipinski definition) is 0. The van der Waals surface area contributed by atoms with E-state index in [4.69, 9.17) is 23.2 Å². The number of unbranched alkanes of at least 4 members (excludes halogenated alkanes) is 28. The Labute approximate surface area is 268 Å². The van der Waals surface area contributed by atoms with Crippen LogP contribution in [0.3, 0.4) is 0 Å². The standard InChI is InChI=1S/C32H64Cl2.2ClH.H2Se/c1-2-3-4-5-6-7-8-9-10-11-12-13-14-15-16-17-18-19-20-21-22-23-24-25-26-27-28-29-30-31-32(33)34;;;/h32H,2-31H2,1H3;2*1H;1H2. The molecule has 0 aromatic heterocycles. The zero-order chi connectivity index (χ0) is 24.8. The van der Waals surface area contributed by atoms with Crippen LogP contribution in [-0.2, 0) is 0 Å². The van der Waals surface area contributed by atoms with Crippen LogP contribution in [0.2, 0.25) is 0 Å². The predicted molar refractivity (Wildman–Crippen MR) is 183 cm³/mol. The first kappa shape index (κ1) is 45.7. The summed E-state index contributed by atoms with van der Waals surface area (Å²) in [6, 6.07) is 0. The monoisotopic (exact) mass is 672 g/mol. The maximum absolute atomic E-state index is 5.76. The summed E-state index contributed by atoms with van der Waals surface area (Å²) in [4.78, 5) is -0.158. The van der Waals surface area contributed by atoms with E-state index in [0.29, 0.717) is 0 Å². The Kier molecular flexibility index (Phi) is 52.0. The van der Waals surface area contributed by atoms with Crippen LogP contribution in [0.1, 0.15) is 200 Å². The Morgan fingerprint density at radius 1 is 0.324 bits per heavy atom. The summed E-state index contributed by atoms with van der Waals surface area (Å²) in [7, 11) is 0. The molecule has 0 aliphatic heterocycles. The van der Waals surface area contributed by atoms with Gasteiger partial charge in [-0.2, -0.15) is 0 Å². The zero-order valence-electron chi connectivity index (χ0n) is 24.9. The average Bonchev–Trinajstić information content (AvgIpc) is 2.83. The van der Waals surface area contributed by atoms with Crippen molar-refractivity contribution in [2.45, 2.75) is 204 Å². The molecule has 0 fully saturated rings. The molecule has 0 radical (unpaired) electrons. The molecule has 0 N–H and O–H groups in total. The van der Waals surface area contributed by atoms with Crippen molar-refractivity contribution in [1.29, 1.82) is 0 Å². The normalized spacial score (nSPS) is 10.7. The molecule has 0 nitrogen and oxygen atoms in total. The van der Waals surface area contributed by atoms with E-state index in [9.17, 15) is 0 Å². The minimum absolute atomic E-state index is 0. The van der Waals surface area contributed by atoms with Crippen molar-refractivity contribution in [3.8, 4) is 0 Å². The molecule has 0 aliphatic rings. The summed E-state index contributed by atoms with van der Waals surface area (Å²) in [5.41, 5.74) is 0. The van der Waals surface area contributed by atoms with Crippen molar-refractivity contribution in [2.24, 2.45) is 0 Å². The van der Waals surface area contributed by atoms with Crippen LogP contribution in [0, 0.1) is 0 Å². The first-order chi connectivity index (χ1) is 16.8. The van der Waals surface area contributed by atoms with Crippen molar-refractivity contribution in [3.63, 3.8) is 0 Å². The van der Waals surface area contributed by atoms with Gasteiger partial charge in [-0.15, -0.1) is 48.0 Å². The molecule has 0 bridgehead atoms. The van der Waals surface area contributed by atoms with E-state index in [0.717, 1.165) is 6.42 Å². The van der Waals surface area contributed by atoms with Gasteiger partial charge in [0, 0.05) is 0 Å². The van der Waals surface area contributed by atoms with Crippen LogP contribution in [0.5, 0.6) is 0 Å². The molecule has 0 aromatic carbocycles. The summed E-state index contributed by atoms with van der Waals surface area (Å²) >= 11 is 11.5. The van der Waals surface area contributed by atoms with Gasteiger partial charge < -0.3 is 0 Å². The Morgan fingerprint density at radius 2 is 0.486 bits per heavy atom. The van der Waals surface area contributed by atoms with E-state index in [2.05, 4.69) is 6.92 Å². The molecule has 230 valence electrons. The zero-order valence-corrected chi connectivity index (χ0v) is 30.1. The van der Waals surface area contributed by atoms with Gasteiger partial charge in [0.25, 0.3) is 0 Å². The van der Waals surface area contributed by atoms with Crippen LogP contribution in [-0.4, -0.2) is 21.9 Å². The molecule has 0 spiro atoms. The van der Waals surface area contributed by atoms with Crippen molar-refractivity contribution >= 4 is 65.1 Å². The molecular formula is C32H68Cl4Se. The molecule has 0 saturated carbocycles. The minimum atomic E-state index is -0.158. The second-order valence-corrected chi connectivity index (χ2v) is 12.4. The quantitative estimate of drug-likeness (QED) is 0.0404. The van der Waals surface area contributed by atoms with E-state index in [-0.39, 0.29) is 46.7 Å². The SMILES string of the molecule is CCCCCCCCCCCCCCCCCCCCCCCCCCCCCCCC(Cl)Cl.Cl.Cl.[SeH2]. The number of halogens is 4. The second-order valence-electron chi connectivity index (χ2n) is 11.1. The number of alkyl halides is 2. The molecule has 37 heavy (non-hydrogen) atoms. The first-order valence-electron chi connectivity index (χ1n) is 16.1. The van der Waals surface area contributed by atoms with Gasteiger partial charge >= 0.3 is 17.1 Å². The Hall–Kier alpha value is 1.68. The van der Waals surface area contributed by atoms with Gasteiger partial charge in [-0.25, -0.2) is 0 Å². The third kappa shape index (κ3) is 44.9. The molecule has 0 aliphatic carbocycles. The van der Waals surface area contributed by atoms with Crippen molar-refractivity contribution < 1.29 is 0 Å². The molecule has 0 saturated heterocycles. The Balaban J connectivity index is -0.00000181. The fraction of sp³-hybridized carbons (Fsp3) is 1.00. The second kappa shape index (κ2) is 42.2. The van der Waals surface area contributed by atoms with Gasteiger partial charge in [-0.3, -0.25) is 0 Å². The topological polar surface area (TPSA) is 0 Å². The Bertz CT molecular complexity index is 356. The van der Waals surface area contributed by atoms with Gasteiger partial charge in [0.1, 0.15) is 4.84 Å². The summed E-state index contributed by atoms with van der Waals surface area (Å²) in [5, 5.41) is 0. The van der Waals surface area contributed by atoms with Crippen molar-refractivity contribution in [1.82, 2.24) is 0 Å². The Morgan fingerprint density at radius 3 is 0.649 bits per heavy atom. The molecule has 0 amide bonds. The summed E-state index contributed by atoms with van der Waals surface area (Å²) < 4.78 is 0.